The summed E-state index contributed by atoms with van der Waals surface area (Å²) >= 11 is 0. The Balaban J connectivity index is 1.14. The Hall–Kier alpha value is -3.83. The highest BCUT2D eigenvalue weighted by atomic mass is 16.5. The third kappa shape index (κ3) is 6.30. The summed E-state index contributed by atoms with van der Waals surface area (Å²) in [5.41, 5.74) is 7.49. The fourth-order valence-electron chi connectivity index (χ4n) is 4.84. The van der Waals surface area contributed by atoms with Gasteiger partial charge in [-0.3, -0.25) is 4.90 Å². The van der Waals surface area contributed by atoms with Crippen molar-refractivity contribution in [2.24, 2.45) is 0 Å². The van der Waals surface area contributed by atoms with E-state index in [1.54, 1.807) is 7.11 Å². The van der Waals surface area contributed by atoms with Crippen molar-refractivity contribution in [3.63, 3.8) is 0 Å². The van der Waals surface area contributed by atoms with Crippen LogP contribution in [0.25, 0.3) is 11.5 Å². The predicted molar refractivity (Wildman–Crippen MR) is 147 cm³/mol. The van der Waals surface area contributed by atoms with Gasteiger partial charge >= 0.3 is 0 Å². The smallest absolute Gasteiger partial charge is 0.226 e. The number of aromatic nitrogens is 1. The molecular weight excluding hydrogens is 460 g/mol. The standard InChI is InChI=1S/C32H34N2O3/c1-23-20-34(21-25-12-14-29(35-3)15-13-25)22-28(23)18-26-8-7-11-30(19-26)36-17-16-31-24(2)37-32(33-31)27-9-5-4-6-10-27/h4-15,19H,16-18,20-22H2,1-3H3. The Labute approximate surface area is 219 Å². The van der Waals surface area contributed by atoms with Crippen molar-refractivity contribution in [1.82, 2.24) is 9.88 Å². The van der Waals surface area contributed by atoms with Gasteiger partial charge in [0.15, 0.2) is 0 Å². The summed E-state index contributed by atoms with van der Waals surface area (Å²) in [6.45, 7) is 7.74. The van der Waals surface area contributed by atoms with Gasteiger partial charge < -0.3 is 13.9 Å². The molecule has 190 valence electrons. The van der Waals surface area contributed by atoms with E-state index in [4.69, 9.17) is 13.9 Å². The molecule has 5 nitrogen and oxygen atoms in total. The molecule has 2 heterocycles. The van der Waals surface area contributed by atoms with E-state index in [1.807, 2.05) is 55.5 Å². The Morgan fingerprint density at radius 1 is 0.865 bits per heavy atom. The van der Waals surface area contributed by atoms with Crippen molar-refractivity contribution in [2.45, 2.75) is 33.2 Å². The van der Waals surface area contributed by atoms with Crippen molar-refractivity contribution in [2.75, 3.05) is 26.8 Å². The number of methoxy groups -OCH3 is 1. The van der Waals surface area contributed by atoms with Gasteiger partial charge in [0.05, 0.1) is 19.4 Å². The van der Waals surface area contributed by atoms with Crippen molar-refractivity contribution in [3.05, 3.63) is 113 Å². The van der Waals surface area contributed by atoms with Crippen LogP contribution in [0.4, 0.5) is 0 Å². The molecule has 1 aromatic heterocycles. The molecule has 37 heavy (non-hydrogen) atoms. The average molecular weight is 495 g/mol. The van der Waals surface area contributed by atoms with Gasteiger partial charge in [-0.2, -0.15) is 0 Å². The molecule has 0 atom stereocenters. The molecule has 0 unspecified atom stereocenters. The lowest BCUT2D eigenvalue weighted by Gasteiger charge is -2.16. The van der Waals surface area contributed by atoms with Crippen LogP contribution in [0.5, 0.6) is 11.5 Å². The Bertz CT molecular complexity index is 1360. The molecule has 3 aromatic carbocycles. The molecule has 0 amide bonds. The zero-order valence-corrected chi connectivity index (χ0v) is 21.9. The van der Waals surface area contributed by atoms with Gasteiger partial charge in [-0.25, -0.2) is 4.98 Å². The van der Waals surface area contributed by atoms with Crippen molar-refractivity contribution in [3.8, 4) is 23.0 Å². The first kappa shape index (κ1) is 24.8. The van der Waals surface area contributed by atoms with E-state index in [2.05, 4.69) is 47.1 Å². The molecule has 0 bridgehead atoms. The molecule has 0 saturated heterocycles. The zero-order valence-electron chi connectivity index (χ0n) is 21.9. The van der Waals surface area contributed by atoms with Crippen LogP contribution in [0.15, 0.2) is 94.4 Å². The first-order chi connectivity index (χ1) is 18.1. The SMILES string of the molecule is COc1ccc(CN2CC(C)=C(Cc3cccc(OCCc4nc(-c5ccccc5)oc4C)c3)C2)cc1. The number of oxazole rings is 1. The zero-order chi connectivity index (χ0) is 25.6. The summed E-state index contributed by atoms with van der Waals surface area (Å²) in [6.07, 6.45) is 1.65. The summed E-state index contributed by atoms with van der Waals surface area (Å²) in [5, 5.41) is 0. The van der Waals surface area contributed by atoms with Crippen LogP contribution in [-0.2, 0) is 19.4 Å². The minimum atomic E-state index is 0.558. The van der Waals surface area contributed by atoms with Crippen LogP contribution >= 0.6 is 0 Å². The number of hydrogen-bond acceptors (Lipinski definition) is 5. The molecule has 0 N–H and O–H groups in total. The van der Waals surface area contributed by atoms with E-state index in [-0.39, 0.29) is 0 Å². The third-order valence-corrected chi connectivity index (χ3v) is 6.88. The van der Waals surface area contributed by atoms with Crippen LogP contribution in [-0.4, -0.2) is 36.7 Å². The van der Waals surface area contributed by atoms with Crippen LogP contribution in [0, 0.1) is 6.92 Å². The largest absolute Gasteiger partial charge is 0.497 e. The van der Waals surface area contributed by atoms with Gasteiger partial charge in [0, 0.05) is 31.6 Å². The lowest BCUT2D eigenvalue weighted by molar-refractivity contribution is 0.319. The van der Waals surface area contributed by atoms with E-state index in [1.165, 1.54) is 22.3 Å². The van der Waals surface area contributed by atoms with Crippen molar-refractivity contribution < 1.29 is 13.9 Å². The van der Waals surface area contributed by atoms with E-state index in [0.29, 0.717) is 18.9 Å². The lowest BCUT2D eigenvalue weighted by atomic mass is 10.0. The molecule has 0 radical (unpaired) electrons. The van der Waals surface area contributed by atoms with Gasteiger partial charge in [-0.05, 0) is 67.8 Å². The summed E-state index contributed by atoms with van der Waals surface area (Å²) in [4.78, 5) is 7.18. The lowest BCUT2D eigenvalue weighted by Crippen LogP contribution is -2.21. The fourth-order valence-corrected chi connectivity index (χ4v) is 4.84. The average Bonchev–Trinajstić information content (AvgIpc) is 3.46. The molecule has 1 aliphatic heterocycles. The molecule has 0 spiro atoms. The molecule has 5 heteroatoms. The van der Waals surface area contributed by atoms with Gasteiger partial charge in [-0.1, -0.05) is 53.6 Å². The maximum atomic E-state index is 6.11. The summed E-state index contributed by atoms with van der Waals surface area (Å²) in [6, 6.07) is 26.8. The number of nitrogens with zero attached hydrogens (tertiary/aromatic N) is 2. The number of hydrogen-bond donors (Lipinski definition) is 0. The third-order valence-electron chi connectivity index (χ3n) is 6.88. The molecule has 0 saturated carbocycles. The Morgan fingerprint density at radius 3 is 2.46 bits per heavy atom. The van der Waals surface area contributed by atoms with Gasteiger partial charge in [-0.15, -0.1) is 0 Å². The molecule has 5 rings (SSSR count). The molecular formula is C32H34N2O3. The highest BCUT2D eigenvalue weighted by Crippen LogP contribution is 2.26. The van der Waals surface area contributed by atoms with E-state index < -0.39 is 0 Å². The van der Waals surface area contributed by atoms with Crippen LogP contribution in [0.1, 0.15) is 29.5 Å². The van der Waals surface area contributed by atoms with Gasteiger partial charge in [0.25, 0.3) is 0 Å². The summed E-state index contributed by atoms with van der Waals surface area (Å²) < 4.78 is 17.3. The number of benzene rings is 3. The van der Waals surface area contributed by atoms with Crippen LogP contribution in [0.3, 0.4) is 0 Å². The molecule has 0 aliphatic carbocycles. The topological polar surface area (TPSA) is 47.7 Å². The fraction of sp³-hybridized carbons (Fsp3) is 0.281. The minimum Gasteiger partial charge on any atom is -0.497 e. The maximum absolute atomic E-state index is 6.11. The van der Waals surface area contributed by atoms with Gasteiger partial charge in [0.1, 0.15) is 17.3 Å². The summed E-state index contributed by atoms with van der Waals surface area (Å²) in [5.74, 6) is 3.30. The Morgan fingerprint density at radius 2 is 1.68 bits per heavy atom. The second kappa shape index (κ2) is 11.5. The molecule has 1 aliphatic rings. The number of ether oxygens (including phenoxy) is 2. The highest BCUT2D eigenvalue weighted by molar-refractivity contribution is 5.53. The van der Waals surface area contributed by atoms with Crippen LogP contribution < -0.4 is 9.47 Å². The van der Waals surface area contributed by atoms with Crippen LogP contribution in [0.2, 0.25) is 0 Å². The normalized spacial score (nSPS) is 13.8. The second-order valence-electron chi connectivity index (χ2n) is 9.69. The molecule has 4 aromatic rings. The summed E-state index contributed by atoms with van der Waals surface area (Å²) in [7, 11) is 1.70. The van der Waals surface area contributed by atoms with E-state index in [9.17, 15) is 0 Å². The Kier molecular flexibility index (Phi) is 7.71. The van der Waals surface area contributed by atoms with Crippen molar-refractivity contribution in [1.29, 1.82) is 0 Å². The number of aryl methyl sites for hydroxylation is 1. The van der Waals surface area contributed by atoms with E-state index >= 15 is 0 Å². The van der Waals surface area contributed by atoms with Gasteiger partial charge in [0.2, 0.25) is 5.89 Å². The van der Waals surface area contributed by atoms with Crippen molar-refractivity contribution >= 4 is 0 Å². The maximum Gasteiger partial charge on any atom is 0.226 e. The number of rotatable bonds is 10. The quantitative estimate of drug-likeness (QED) is 0.231. The highest BCUT2D eigenvalue weighted by Gasteiger charge is 2.19. The minimum absolute atomic E-state index is 0.558. The monoisotopic (exact) mass is 494 g/mol. The first-order valence-corrected chi connectivity index (χ1v) is 12.8. The predicted octanol–water partition coefficient (Wildman–Crippen LogP) is 6.65. The second-order valence-corrected chi connectivity index (χ2v) is 9.69. The first-order valence-electron chi connectivity index (χ1n) is 12.8. The molecule has 0 fully saturated rings. The van der Waals surface area contributed by atoms with E-state index in [0.717, 1.165) is 54.6 Å².